The molecule has 110 valence electrons. The van der Waals surface area contributed by atoms with Crippen LogP contribution in [0.5, 0.6) is 0 Å². The van der Waals surface area contributed by atoms with Gasteiger partial charge in [-0.05, 0) is 17.8 Å². The summed E-state index contributed by atoms with van der Waals surface area (Å²) in [6.07, 6.45) is 0. The van der Waals surface area contributed by atoms with Crippen LogP contribution in [0.4, 0.5) is 17.6 Å². The summed E-state index contributed by atoms with van der Waals surface area (Å²) in [7, 11) is 0. The molecule has 2 aromatic rings. The largest absolute Gasteiger partial charge is 0.441 e. The van der Waals surface area contributed by atoms with Crippen LogP contribution in [-0.2, 0) is 12.4 Å². The average molecular weight is 347 g/mol. The molecule has 0 radical (unpaired) electrons. The topological polar surface area (TPSA) is 17.8 Å². The van der Waals surface area contributed by atoms with E-state index in [1.165, 1.54) is 10.6 Å². The Balaban J connectivity index is 2.33. The molecule has 0 saturated carbocycles. The molecule has 0 bridgehead atoms. The van der Waals surface area contributed by atoms with E-state index in [9.17, 15) is 17.6 Å². The molecule has 1 heterocycles. The fraction of sp³-hybridized carbons (Fsp3) is 0.364. The van der Waals surface area contributed by atoms with Gasteiger partial charge in [0.15, 0.2) is 0 Å². The molecule has 20 heavy (non-hydrogen) atoms. The Kier molecular flexibility index (Phi) is 4.71. The Morgan fingerprint density at radius 3 is 2.60 bits per heavy atom. The van der Waals surface area contributed by atoms with E-state index in [-0.39, 0.29) is 35.0 Å². The van der Waals surface area contributed by atoms with Gasteiger partial charge in [0, 0.05) is 18.4 Å². The summed E-state index contributed by atoms with van der Waals surface area (Å²) < 4.78 is 51.3. The quantitative estimate of drug-likeness (QED) is 0.583. The highest BCUT2D eigenvalue weighted by Gasteiger charge is 2.27. The zero-order valence-corrected chi connectivity index (χ0v) is 12.2. The van der Waals surface area contributed by atoms with Crippen molar-refractivity contribution < 1.29 is 17.6 Å². The second-order valence-electron chi connectivity index (χ2n) is 3.86. The predicted octanol–water partition coefficient (Wildman–Crippen LogP) is 4.82. The zero-order chi connectivity index (χ0) is 14.9. The van der Waals surface area contributed by atoms with Crippen LogP contribution in [0.2, 0.25) is 5.02 Å². The van der Waals surface area contributed by atoms with Gasteiger partial charge in [-0.15, -0.1) is 11.6 Å². The maximum atomic E-state index is 13.3. The number of hydrogen-bond donors (Lipinski definition) is 0. The van der Waals surface area contributed by atoms with Crippen molar-refractivity contribution in [1.82, 2.24) is 9.55 Å². The van der Waals surface area contributed by atoms with Crippen molar-refractivity contribution in [2.75, 3.05) is 5.75 Å². The second-order valence-corrected chi connectivity index (χ2v) is 5.70. The molecule has 0 unspecified atom stereocenters. The molecule has 0 aliphatic heterocycles. The number of alkyl halides is 4. The van der Waals surface area contributed by atoms with Crippen LogP contribution >= 0.6 is 35.0 Å². The van der Waals surface area contributed by atoms with Gasteiger partial charge in [0.25, 0.3) is 0 Å². The number of aryl methyl sites for hydroxylation is 1. The van der Waals surface area contributed by atoms with Gasteiger partial charge in [0.05, 0.1) is 21.9 Å². The van der Waals surface area contributed by atoms with Crippen LogP contribution in [-0.4, -0.2) is 20.8 Å². The number of halogens is 6. The number of fused-ring (bicyclic) bond motifs is 1. The van der Waals surface area contributed by atoms with Gasteiger partial charge in [0.2, 0.25) is 0 Å². The third-order valence-electron chi connectivity index (χ3n) is 2.57. The molecule has 0 spiro atoms. The SMILES string of the molecule is Fc1cc2nc(CCl)n(CCSC(F)(F)F)c2cc1Cl. The summed E-state index contributed by atoms with van der Waals surface area (Å²) in [6.45, 7) is 0.0602. The molecule has 0 aliphatic carbocycles. The molecular weight excluding hydrogens is 339 g/mol. The van der Waals surface area contributed by atoms with E-state index in [4.69, 9.17) is 23.2 Å². The van der Waals surface area contributed by atoms with Gasteiger partial charge in [-0.1, -0.05) is 11.6 Å². The van der Waals surface area contributed by atoms with E-state index in [1.54, 1.807) is 0 Å². The van der Waals surface area contributed by atoms with Crippen LogP contribution < -0.4 is 0 Å². The summed E-state index contributed by atoms with van der Waals surface area (Å²) in [5.74, 6) is -0.418. The Hall–Kier alpha value is -0.660. The molecule has 1 aromatic heterocycles. The minimum atomic E-state index is -4.29. The number of rotatable bonds is 4. The standard InChI is InChI=1S/C11H8Cl2F4N2S/c12-5-10-18-8-4-7(14)6(13)3-9(8)19(10)1-2-20-11(15,16)17/h3-4H,1-2,5H2. The van der Waals surface area contributed by atoms with Crippen molar-refractivity contribution in [1.29, 1.82) is 0 Å². The van der Waals surface area contributed by atoms with E-state index < -0.39 is 11.3 Å². The molecule has 0 saturated heterocycles. The third kappa shape index (κ3) is 3.51. The molecule has 0 amide bonds. The van der Waals surface area contributed by atoms with Crippen molar-refractivity contribution in [2.45, 2.75) is 17.9 Å². The summed E-state index contributed by atoms with van der Waals surface area (Å²) in [4.78, 5) is 4.09. The molecule has 2 rings (SSSR count). The number of aromatic nitrogens is 2. The first-order chi connectivity index (χ1) is 9.31. The lowest BCUT2D eigenvalue weighted by atomic mass is 10.3. The lowest BCUT2D eigenvalue weighted by Gasteiger charge is -2.09. The fourth-order valence-electron chi connectivity index (χ4n) is 1.77. The van der Waals surface area contributed by atoms with Crippen LogP contribution in [0, 0.1) is 5.82 Å². The Morgan fingerprint density at radius 1 is 1.30 bits per heavy atom. The maximum Gasteiger partial charge on any atom is 0.441 e. The van der Waals surface area contributed by atoms with Crippen molar-refractivity contribution in [3.63, 3.8) is 0 Å². The van der Waals surface area contributed by atoms with Crippen LogP contribution in [0.25, 0.3) is 11.0 Å². The lowest BCUT2D eigenvalue weighted by molar-refractivity contribution is -0.0328. The summed E-state index contributed by atoms with van der Waals surface area (Å²) in [5.41, 5.74) is -3.50. The Labute approximate surface area is 126 Å². The highest BCUT2D eigenvalue weighted by atomic mass is 35.5. The monoisotopic (exact) mass is 346 g/mol. The molecule has 9 heteroatoms. The van der Waals surface area contributed by atoms with Gasteiger partial charge in [-0.25, -0.2) is 9.37 Å². The number of thioether (sulfide) groups is 1. The molecule has 1 aromatic carbocycles. The third-order valence-corrected chi connectivity index (χ3v) is 3.81. The van der Waals surface area contributed by atoms with E-state index in [0.717, 1.165) is 6.07 Å². The van der Waals surface area contributed by atoms with Crippen molar-refractivity contribution in [2.24, 2.45) is 0 Å². The highest BCUT2D eigenvalue weighted by Crippen LogP contribution is 2.31. The number of benzene rings is 1. The summed E-state index contributed by atoms with van der Waals surface area (Å²) in [6, 6.07) is 2.48. The van der Waals surface area contributed by atoms with Crippen molar-refractivity contribution >= 4 is 46.0 Å². The molecule has 0 N–H and O–H groups in total. The fourth-order valence-corrected chi connectivity index (χ4v) is 2.64. The first-order valence-electron chi connectivity index (χ1n) is 5.42. The number of hydrogen-bond acceptors (Lipinski definition) is 2. The summed E-state index contributed by atoms with van der Waals surface area (Å²) >= 11 is 11.3. The molecular formula is C11H8Cl2F4N2S. The molecule has 0 fully saturated rings. The maximum absolute atomic E-state index is 13.3. The lowest BCUT2D eigenvalue weighted by Crippen LogP contribution is -2.09. The molecule has 0 aliphatic rings. The first kappa shape index (κ1) is 15.7. The Morgan fingerprint density at radius 2 is 2.00 bits per heavy atom. The van der Waals surface area contributed by atoms with Gasteiger partial charge in [0.1, 0.15) is 11.6 Å². The zero-order valence-electron chi connectivity index (χ0n) is 9.85. The number of nitrogens with zero attached hydrogens (tertiary/aromatic N) is 2. The first-order valence-corrected chi connectivity index (χ1v) is 7.32. The molecule has 0 atom stereocenters. The van der Waals surface area contributed by atoms with Crippen LogP contribution in [0.1, 0.15) is 5.82 Å². The minimum Gasteiger partial charge on any atom is -0.326 e. The average Bonchev–Trinajstić information content (AvgIpc) is 2.66. The second kappa shape index (κ2) is 5.99. The Bertz CT molecular complexity index is 627. The van der Waals surface area contributed by atoms with Crippen LogP contribution in [0.3, 0.4) is 0 Å². The molecule has 2 nitrogen and oxygen atoms in total. The summed E-state index contributed by atoms with van der Waals surface area (Å²) in [5, 5.41) is -0.108. The van der Waals surface area contributed by atoms with Gasteiger partial charge in [-0.2, -0.15) is 13.2 Å². The van der Waals surface area contributed by atoms with Gasteiger partial charge in [-0.3, -0.25) is 0 Å². The van der Waals surface area contributed by atoms with E-state index in [2.05, 4.69) is 4.98 Å². The van der Waals surface area contributed by atoms with Crippen molar-refractivity contribution in [3.05, 3.63) is 28.8 Å². The van der Waals surface area contributed by atoms with Crippen molar-refractivity contribution in [3.8, 4) is 0 Å². The predicted molar refractivity (Wildman–Crippen MR) is 72.8 cm³/mol. The van der Waals surface area contributed by atoms with Gasteiger partial charge < -0.3 is 4.57 Å². The smallest absolute Gasteiger partial charge is 0.326 e. The number of imidazole rings is 1. The van der Waals surface area contributed by atoms with E-state index in [1.807, 2.05) is 0 Å². The normalized spacial score (nSPS) is 12.3. The van der Waals surface area contributed by atoms with Crippen LogP contribution in [0.15, 0.2) is 12.1 Å². The minimum absolute atomic E-state index is 0.0185. The highest BCUT2D eigenvalue weighted by molar-refractivity contribution is 8.00. The van der Waals surface area contributed by atoms with Gasteiger partial charge >= 0.3 is 5.51 Å². The van der Waals surface area contributed by atoms with E-state index in [0.29, 0.717) is 16.9 Å². The van der Waals surface area contributed by atoms with E-state index >= 15 is 0 Å².